The Hall–Kier alpha value is -1.64. The highest BCUT2D eigenvalue weighted by Crippen LogP contribution is 2.15. The van der Waals surface area contributed by atoms with Crippen molar-refractivity contribution in [2.75, 3.05) is 5.73 Å². The first-order valence-corrected chi connectivity index (χ1v) is 4.22. The van der Waals surface area contributed by atoms with Gasteiger partial charge in [0.15, 0.2) is 0 Å². The second-order valence-electron chi connectivity index (χ2n) is 3.12. The molecule has 13 heavy (non-hydrogen) atoms. The normalized spacial score (nSPS) is 14.7. The SMILES string of the molecule is Cc1ccc(C2=NN=CC2)cc1N. The van der Waals surface area contributed by atoms with Crippen LogP contribution in [0.5, 0.6) is 0 Å². The maximum absolute atomic E-state index is 5.79. The molecular weight excluding hydrogens is 162 g/mol. The molecule has 3 nitrogen and oxygen atoms in total. The predicted molar refractivity (Wildman–Crippen MR) is 55.2 cm³/mol. The van der Waals surface area contributed by atoms with Gasteiger partial charge in [-0.3, -0.25) is 0 Å². The number of nitrogen functional groups attached to an aromatic ring is 1. The number of aryl methyl sites for hydroxylation is 1. The predicted octanol–water partition coefficient (Wildman–Crippen LogP) is 1.76. The fraction of sp³-hybridized carbons (Fsp3) is 0.200. The Labute approximate surface area is 77.0 Å². The summed E-state index contributed by atoms with van der Waals surface area (Å²) in [5.41, 5.74) is 9.77. The van der Waals surface area contributed by atoms with Crippen LogP contribution in [0.3, 0.4) is 0 Å². The summed E-state index contributed by atoms with van der Waals surface area (Å²) in [5.74, 6) is 0. The first-order valence-electron chi connectivity index (χ1n) is 4.22. The van der Waals surface area contributed by atoms with E-state index in [4.69, 9.17) is 5.73 Å². The van der Waals surface area contributed by atoms with Crippen molar-refractivity contribution in [3.8, 4) is 0 Å². The monoisotopic (exact) mass is 173 g/mol. The first kappa shape index (κ1) is 7.98. The van der Waals surface area contributed by atoms with Crippen molar-refractivity contribution in [2.45, 2.75) is 13.3 Å². The van der Waals surface area contributed by atoms with E-state index in [1.807, 2.05) is 25.1 Å². The molecule has 0 bridgehead atoms. The minimum Gasteiger partial charge on any atom is -0.398 e. The van der Waals surface area contributed by atoms with Crippen molar-refractivity contribution in [3.05, 3.63) is 29.3 Å². The molecule has 2 N–H and O–H groups in total. The van der Waals surface area contributed by atoms with Crippen LogP contribution in [0.25, 0.3) is 0 Å². The molecule has 2 rings (SSSR count). The van der Waals surface area contributed by atoms with Gasteiger partial charge in [0.05, 0.1) is 5.71 Å². The zero-order chi connectivity index (χ0) is 9.26. The lowest BCUT2D eigenvalue weighted by Crippen LogP contribution is -1.99. The van der Waals surface area contributed by atoms with Gasteiger partial charge in [-0.25, -0.2) is 0 Å². The van der Waals surface area contributed by atoms with Crippen molar-refractivity contribution >= 4 is 17.6 Å². The maximum Gasteiger partial charge on any atom is 0.0757 e. The van der Waals surface area contributed by atoms with E-state index in [9.17, 15) is 0 Å². The van der Waals surface area contributed by atoms with Gasteiger partial charge in [-0.2, -0.15) is 10.2 Å². The van der Waals surface area contributed by atoms with Crippen LogP contribution < -0.4 is 5.73 Å². The van der Waals surface area contributed by atoms with Gasteiger partial charge >= 0.3 is 0 Å². The van der Waals surface area contributed by atoms with E-state index in [1.54, 1.807) is 6.21 Å². The van der Waals surface area contributed by atoms with Gasteiger partial charge < -0.3 is 5.73 Å². The third-order valence-electron chi connectivity index (χ3n) is 2.16. The molecule has 0 aliphatic carbocycles. The van der Waals surface area contributed by atoms with Gasteiger partial charge in [-0.15, -0.1) is 0 Å². The van der Waals surface area contributed by atoms with Crippen LogP contribution >= 0.6 is 0 Å². The third-order valence-corrected chi connectivity index (χ3v) is 2.16. The number of anilines is 1. The number of nitrogens with zero attached hydrogens (tertiary/aromatic N) is 2. The molecular formula is C10H11N3. The molecule has 0 fully saturated rings. The summed E-state index contributed by atoms with van der Waals surface area (Å²) in [6, 6.07) is 5.98. The molecule has 66 valence electrons. The maximum atomic E-state index is 5.79. The minimum atomic E-state index is 0.808. The van der Waals surface area contributed by atoms with Gasteiger partial charge in [0.2, 0.25) is 0 Å². The number of hydrogen-bond acceptors (Lipinski definition) is 3. The van der Waals surface area contributed by atoms with Crippen LogP contribution in [0.15, 0.2) is 28.4 Å². The van der Waals surface area contributed by atoms with Crippen molar-refractivity contribution in [1.29, 1.82) is 0 Å². The molecule has 0 aromatic heterocycles. The third kappa shape index (κ3) is 1.45. The highest BCUT2D eigenvalue weighted by molar-refractivity contribution is 6.09. The molecule has 0 radical (unpaired) electrons. The lowest BCUT2D eigenvalue weighted by Gasteiger charge is -2.03. The number of hydrogen-bond donors (Lipinski definition) is 1. The molecule has 0 saturated heterocycles. The standard InChI is InChI=1S/C10H11N3/c1-7-2-3-8(6-9(7)11)10-4-5-12-13-10/h2-3,5-6H,4,11H2,1H3. The molecule has 1 aliphatic rings. The molecule has 0 atom stereocenters. The largest absolute Gasteiger partial charge is 0.398 e. The molecule has 1 aromatic rings. The van der Waals surface area contributed by atoms with E-state index in [-0.39, 0.29) is 0 Å². The summed E-state index contributed by atoms with van der Waals surface area (Å²) in [7, 11) is 0. The van der Waals surface area contributed by atoms with Crippen molar-refractivity contribution < 1.29 is 0 Å². The Morgan fingerprint density at radius 2 is 2.23 bits per heavy atom. The average molecular weight is 173 g/mol. The second-order valence-corrected chi connectivity index (χ2v) is 3.12. The number of nitrogens with two attached hydrogens (primary N) is 1. The van der Waals surface area contributed by atoms with Crippen molar-refractivity contribution in [2.24, 2.45) is 10.2 Å². The van der Waals surface area contributed by atoms with Gasteiger partial charge in [-0.1, -0.05) is 12.1 Å². The Morgan fingerprint density at radius 3 is 2.85 bits per heavy atom. The summed E-state index contributed by atoms with van der Waals surface area (Å²) in [6.45, 7) is 1.99. The topological polar surface area (TPSA) is 50.7 Å². The van der Waals surface area contributed by atoms with Crippen molar-refractivity contribution in [1.82, 2.24) is 0 Å². The van der Waals surface area contributed by atoms with Crippen LogP contribution in [0.1, 0.15) is 17.5 Å². The Balaban J connectivity index is 2.37. The van der Waals surface area contributed by atoms with Crippen LogP contribution in [-0.2, 0) is 0 Å². The molecule has 0 spiro atoms. The van der Waals surface area contributed by atoms with E-state index < -0.39 is 0 Å². The van der Waals surface area contributed by atoms with Gasteiger partial charge in [0.1, 0.15) is 0 Å². The highest BCUT2D eigenvalue weighted by Gasteiger charge is 2.06. The smallest absolute Gasteiger partial charge is 0.0757 e. The zero-order valence-corrected chi connectivity index (χ0v) is 7.49. The zero-order valence-electron chi connectivity index (χ0n) is 7.49. The molecule has 1 aromatic carbocycles. The fourth-order valence-corrected chi connectivity index (χ4v) is 1.27. The lowest BCUT2D eigenvalue weighted by atomic mass is 10.1. The lowest BCUT2D eigenvalue weighted by molar-refractivity contribution is 1.28. The minimum absolute atomic E-state index is 0.808. The van der Waals surface area contributed by atoms with Gasteiger partial charge in [0, 0.05) is 23.9 Å². The molecule has 0 amide bonds. The van der Waals surface area contributed by atoms with Gasteiger partial charge in [0.25, 0.3) is 0 Å². The van der Waals surface area contributed by atoms with Crippen LogP contribution in [0, 0.1) is 6.92 Å². The van der Waals surface area contributed by atoms with Crippen LogP contribution in [0.4, 0.5) is 5.69 Å². The van der Waals surface area contributed by atoms with Crippen LogP contribution in [-0.4, -0.2) is 11.9 Å². The molecule has 0 saturated carbocycles. The Morgan fingerprint density at radius 1 is 1.38 bits per heavy atom. The molecule has 3 heteroatoms. The van der Waals surface area contributed by atoms with E-state index in [2.05, 4.69) is 10.2 Å². The summed E-state index contributed by atoms with van der Waals surface area (Å²) in [5, 5.41) is 7.82. The molecule has 1 heterocycles. The number of rotatable bonds is 1. The quantitative estimate of drug-likeness (QED) is 0.646. The second kappa shape index (κ2) is 3.01. The fourth-order valence-electron chi connectivity index (χ4n) is 1.27. The Kier molecular flexibility index (Phi) is 1.85. The Bertz CT molecular complexity index is 391. The summed E-state index contributed by atoms with van der Waals surface area (Å²) in [4.78, 5) is 0. The summed E-state index contributed by atoms with van der Waals surface area (Å²) >= 11 is 0. The van der Waals surface area contributed by atoms with E-state index in [0.717, 1.165) is 28.9 Å². The van der Waals surface area contributed by atoms with Crippen molar-refractivity contribution in [3.63, 3.8) is 0 Å². The first-order chi connectivity index (χ1) is 6.27. The van der Waals surface area contributed by atoms with Crippen LogP contribution in [0.2, 0.25) is 0 Å². The summed E-state index contributed by atoms with van der Waals surface area (Å²) < 4.78 is 0. The summed E-state index contributed by atoms with van der Waals surface area (Å²) in [6.07, 6.45) is 2.61. The van der Waals surface area contributed by atoms with E-state index in [0.29, 0.717) is 0 Å². The molecule has 0 unspecified atom stereocenters. The highest BCUT2D eigenvalue weighted by atomic mass is 15.2. The number of benzene rings is 1. The van der Waals surface area contributed by atoms with Gasteiger partial charge in [-0.05, 0) is 18.6 Å². The van der Waals surface area contributed by atoms with E-state index >= 15 is 0 Å². The van der Waals surface area contributed by atoms with E-state index in [1.165, 1.54) is 0 Å². The molecule has 1 aliphatic heterocycles. The average Bonchev–Trinajstić information content (AvgIpc) is 2.62.